The second-order valence-corrected chi connectivity index (χ2v) is 12.3. The maximum atomic E-state index is 6.44. The Morgan fingerprint density at radius 1 is 0.690 bits per heavy atom. The maximum Gasteiger partial charge on any atom is 0.321 e. The van der Waals surface area contributed by atoms with Crippen molar-refractivity contribution in [3.63, 3.8) is 0 Å². The summed E-state index contributed by atoms with van der Waals surface area (Å²) in [6.07, 6.45) is 9.04. The lowest BCUT2D eigenvalue weighted by Crippen LogP contribution is -2.15. The van der Waals surface area contributed by atoms with Crippen LogP contribution in [0.4, 0.5) is 0 Å². The molecule has 0 saturated heterocycles. The van der Waals surface area contributed by atoms with Gasteiger partial charge in [-0.05, 0) is 47.6 Å². The summed E-state index contributed by atoms with van der Waals surface area (Å²) >= 11 is 3.65. The van der Waals surface area contributed by atoms with Crippen molar-refractivity contribution < 1.29 is 9.47 Å². The van der Waals surface area contributed by atoms with Gasteiger partial charge < -0.3 is 9.47 Å². The summed E-state index contributed by atoms with van der Waals surface area (Å²) in [6.45, 7) is 9.99. The van der Waals surface area contributed by atoms with Gasteiger partial charge in [0.1, 0.15) is 7.85 Å². The SMILES string of the molecule is [B]c1ccc2c3ccc(Br)cc3c3nc4c(OCC(CC)CCCC)nc(OCC(CC)CCCC)nc4nc3c2c1. The Balaban J connectivity index is 1.67. The molecular weight excluding hydrogens is 587 g/mol. The van der Waals surface area contributed by atoms with Crippen LogP contribution >= 0.6 is 15.9 Å². The number of hydrogen-bond donors (Lipinski definition) is 0. The van der Waals surface area contributed by atoms with Crippen molar-refractivity contribution in [1.29, 1.82) is 0 Å². The lowest BCUT2D eigenvalue weighted by atomic mass is 9.91. The highest BCUT2D eigenvalue weighted by molar-refractivity contribution is 9.10. The fraction of sp³-hybridized carbons (Fsp3) is 0.471. The van der Waals surface area contributed by atoms with Crippen LogP contribution in [0.2, 0.25) is 0 Å². The largest absolute Gasteiger partial charge is 0.476 e. The van der Waals surface area contributed by atoms with Crippen LogP contribution in [0.1, 0.15) is 79.1 Å². The van der Waals surface area contributed by atoms with E-state index in [9.17, 15) is 0 Å². The molecule has 0 fully saturated rings. The molecule has 0 N–H and O–H groups in total. The van der Waals surface area contributed by atoms with Gasteiger partial charge in [0, 0.05) is 15.2 Å². The molecule has 0 spiro atoms. The first kappa shape index (κ1) is 30.5. The highest BCUT2D eigenvalue weighted by Crippen LogP contribution is 2.36. The van der Waals surface area contributed by atoms with E-state index < -0.39 is 0 Å². The van der Waals surface area contributed by atoms with Crippen LogP contribution in [0.3, 0.4) is 0 Å². The standard InChI is InChI=1S/C34H40BBrN4O2/c1-5-9-11-21(7-3)19-41-33-31-32(39-34(40-33)42-20-22(8-4)12-10-6-2)38-30-27-17-23(35)13-15-25(27)26-16-14-24(36)18-28(26)29(30)37-31/h13-18,21-22H,5-12,19-20H2,1-4H3. The number of hydrogen-bond acceptors (Lipinski definition) is 6. The van der Waals surface area contributed by atoms with Crippen molar-refractivity contribution in [1.82, 2.24) is 19.9 Å². The Morgan fingerprint density at radius 3 is 1.98 bits per heavy atom. The van der Waals surface area contributed by atoms with Crippen molar-refractivity contribution in [2.45, 2.75) is 79.1 Å². The molecule has 0 saturated carbocycles. The summed E-state index contributed by atoms with van der Waals surface area (Å²) in [7, 11) is 6.25. The number of fused-ring (bicyclic) bond motifs is 7. The first-order valence-corrected chi connectivity index (χ1v) is 16.3. The molecule has 2 heterocycles. The number of unbranched alkanes of at least 4 members (excludes halogenated alkanes) is 2. The first-order valence-electron chi connectivity index (χ1n) is 15.5. The van der Waals surface area contributed by atoms with Crippen LogP contribution in [-0.4, -0.2) is 41.0 Å². The van der Waals surface area contributed by atoms with Crippen LogP contribution in [0.25, 0.3) is 43.7 Å². The molecule has 5 aromatic rings. The third kappa shape index (κ3) is 6.64. The van der Waals surface area contributed by atoms with Crippen molar-refractivity contribution >= 4 is 73.0 Å². The molecule has 5 rings (SSSR count). The zero-order chi connectivity index (χ0) is 29.6. The van der Waals surface area contributed by atoms with Gasteiger partial charge in [0.2, 0.25) is 5.88 Å². The molecule has 2 atom stereocenters. The number of halogens is 1. The summed E-state index contributed by atoms with van der Waals surface area (Å²) in [5.41, 5.74) is 3.19. The number of aromatic nitrogens is 4. The maximum absolute atomic E-state index is 6.44. The van der Waals surface area contributed by atoms with Gasteiger partial charge in [-0.15, -0.1) is 0 Å². The number of nitrogens with zero attached hydrogens (tertiary/aromatic N) is 4. The van der Waals surface area contributed by atoms with Gasteiger partial charge in [-0.2, -0.15) is 9.97 Å². The lowest BCUT2D eigenvalue weighted by Gasteiger charge is -2.18. The highest BCUT2D eigenvalue weighted by atomic mass is 79.9. The molecule has 218 valence electrons. The number of benzene rings is 3. The van der Waals surface area contributed by atoms with Gasteiger partial charge in [-0.1, -0.05) is 112 Å². The van der Waals surface area contributed by atoms with Crippen LogP contribution < -0.4 is 14.9 Å². The molecule has 0 aliphatic heterocycles. The summed E-state index contributed by atoms with van der Waals surface area (Å²) in [6, 6.07) is 12.5. The number of rotatable bonds is 14. The van der Waals surface area contributed by atoms with Gasteiger partial charge in [0.25, 0.3) is 0 Å². The predicted octanol–water partition coefficient (Wildman–Crippen LogP) is 8.63. The van der Waals surface area contributed by atoms with Gasteiger partial charge in [0.05, 0.1) is 24.2 Å². The Morgan fingerprint density at radius 2 is 1.31 bits per heavy atom. The molecule has 42 heavy (non-hydrogen) atoms. The molecule has 0 amide bonds. The highest BCUT2D eigenvalue weighted by Gasteiger charge is 2.20. The molecule has 0 bridgehead atoms. The molecule has 8 heteroatoms. The van der Waals surface area contributed by atoms with E-state index in [0.717, 1.165) is 62.7 Å². The fourth-order valence-electron chi connectivity index (χ4n) is 5.57. The van der Waals surface area contributed by atoms with Crippen LogP contribution in [0.5, 0.6) is 11.9 Å². The van der Waals surface area contributed by atoms with Crippen molar-refractivity contribution in [3.05, 3.63) is 40.9 Å². The monoisotopic (exact) mass is 626 g/mol. The van der Waals surface area contributed by atoms with E-state index in [1.165, 1.54) is 25.7 Å². The van der Waals surface area contributed by atoms with E-state index in [1.807, 2.05) is 18.2 Å². The normalized spacial score (nSPS) is 13.3. The van der Waals surface area contributed by atoms with Gasteiger partial charge in [-0.3, -0.25) is 0 Å². The van der Waals surface area contributed by atoms with E-state index in [-0.39, 0.29) is 6.01 Å². The summed E-state index contributed by atoms with van der Waals surface area (Å²) in [5, 5.41) is 4.08. The molecule has 0 aliphatic carbocycles. The van der Waals surface area contributed by atoms with Crippen molar-refractivity contribution in [3.8, 4) is 11.9 Å². The smallest absolute Gasteiger partial charge is 0.321 e. The van der Waals surface area contributed by atoms with Crippen LogP contribution in [-0.2, 0) is 0 Å². The minimum absolute atomic E-state index is 0.287. The fourth-order valence-corrected chi connectivity index (χ4v) is 5.93. The topological polar surface area (TPSA) is 70.0 Å². The zero-order valence-electron chi connectivity index (χ0n) is 25.3. The minimum atomic E-state index is 0.287. The second-order valence-electron chi connectivity index (χ2n) is 11.4. The van der Waals surface area contributed by atoms with E-state index in [1.54, 1.807) is 0 Å². The third-order valence-corrected chi connectivity index (χ3v) is 8.79. The summed E-state index contributed by atoms with van der Waals surface area (Å²) in [4.78, 5) is 19.8. The minimum Gasteiger partial charge on any atom is -0.476 e. The van der Waals surface area contributed by atoms with E-state index in [0.29, 0.717) is 47.6 Å². The molecule has 6 nitrogen and oxygen atoms in total. The average Bonchev–Trinajstić information content (AvgIpc) is 3.00. The van der Waals surface area contributed by atoms with Crippen molar-refractivity contribution in [2.75, 3.05) is 13.2 Å². The zero-order valence-corrected chi connectivity index (χ0v) is 26.8. The summed E-state index contributed by atoms with van der Waals surface area (Å²) in [5.74, 6) is 1.32. The second kappa shape index (κ2) is 14.0. The Bertz CT molecular complexity index is 1700. The number of ether oxygens (including phenoxy) is 2. The average molecular weight is 627 g/mol. The Kier molecular flexibility index (Phi) is 10.1. The van der Waals surface area contributed by atoms with Crippen LogP contribution in [0, 0.1) is 11.8 Å². The van der Waals surface area contributed by atoms with Crippen LogP contribution in [0.15, 0.2) is 40.9 Å². The molecule has 3 aromatic carbocycles. The molecule has 2 unspecified atom stereocenters. The van der Waals surface area contributed by atoms with Crippen molar-refractivity contribution in [2.24, 2.45) is 11.8 Å². The van der Waals surface area contributed by atoms with E-state index >= 15 is 0 Å². The van der Waals surface area contributed by atoms with Gasteiger partial charge in [-0.25, -0.2) is 9.97 Å². The molecule has 2 aromatic heterocycles. The van der Waals surface area contributed by atoms with E-state index in [2.05, 4.69) is 61.8 Å². The van der Waals surface area contributed by atoms with Gasteiger partial charge in [0.15, 0.2) is 11.2 Å². The Hall–Kier alpha value is -3.00. The molecule has 2 radical (unpaired) electrons. The van der Waals surface area contributed by atoms with E-state index in [4.69, 9.17) is 37.3 Å². The Labute approximate surface area is 258 Å². The molecule has 0 aliphatic rings. The molecular formula is C34H40BBrN4O2. The lowest BCUT2D eigenvalue weighted by molar-refractivity contribution is 0.204. The predicted molar refractivity (Wildman–Crippen MR) is 178 cm³/mol. The first-order chi connectivity index (χ1) is 20.4. The third-order valence-electron chi connectivity index (χ3n) is 8.29. The van der Waals surface area contributed by atoms with Gasteiger partial charge >= 0.3 is 6.01 Å². The quantitative estimate of drug-likeness (QED) is 0.0698. The summed E-state index contributed by atoms with van der Waals surface area (Å²) < 4.78 is 13.6.